The van der Waals surface area contributed by atoms with Crippen LogP contribution >= 0.6 is 0 Å². The molecule has 0 atom stereocenters. The Hall–Kier alpha value is -4.85. The second-order valence-corrected chi connectivity index (χ2v) is 11.9. The summed E-state index contributed by atoms with van der Waals surface area (Å²) >= 11 is 0. The summed E-state index contributed by atoms with van der Waals surface area (Å²) in [6.07, 6.45) is 12.3. The number of benzene rings is 1. The summed E-state index contributed by atoms with van der Waals surface area (Å²) in [5.74, 6) is 1.22. The quantitative estimate of drug-likeness (QED) is 0.157. The Morgan fingerprint density at radius 3 is 2.56 bits per heavy atom. The maximum atomic E-state index is 13.8. The fraction of sp³-hybridized carbons (Fsp3) is 0.355. The van der Waals surface area contributed by atoms with Gasteiger partial charge in [-0.05, 0) is 44.2 Å². The van der Waals surface area contributed by atoms with Gasteiger partial charge in [-0.3, -0.25) is 9.79 Å². The van der Waals surface area contributed by atoms with Crippen LogP contribution in [0.2, 0.25) is 0 Å². The van der Waals surface area contributed by atoms with Crippen molar-refractivity contribution in [3.05, 3.63) is 87.9 Å². The van der Waals surface area contributed by atoms with E-state index in [1.54, 1.807) is 6.92 Å². The van der Waals surface area contributed by atoms with E-state index in [9.17, 15) is 13.2 Å². The highest BCUT2D eigenvalue weighted by molar-refractivity contribution is 7.90. The number of nitrogens with one attached hydrogen (secondary N) is 1. The summed E-state index contributed by atoms with van der Waals surface area (Å²) < 4.78 is 29.5. The zero-order chi connectivity index (χ0) is 32.8. The normalized spacial score (nSPS) is 11.7. The van der Waals surface area contributed by atoms with E-state index < -0.39 is 9.84 Å². The molecule has 0 aliphatic carbocycles. The number of sulfone groups is 1. The van der Waals surface area contributed by atoms with Gasteiger partial charge in [0, 0.05) is 22.9 Å². The Morgan fingerprint density at radius 2 is 1.91 bits per heavy atom. The summed E-state index contributed by atoms with van der Waals surface area (Å²) in [5.41, 5.74) is 3.16. The third-order valence-electron chi connectivity index (χ3n) is 6.41. The van der Waals surface area contributed by atoms with Gasteiger partial charge in [0.1, 0.15) is 12.4 Å². The largest absolute Gasteiger partial charge is 0.489 e. The van der Waals surface area contributed by atoms with E-state index in [4.69, 9.17) is 9.72 Å². The van der Waals surface area contributed by atoms with Crippen molar-refractivity contribution in [2.24, 2.45) is 4.99 Å². The first kappa shape index (κ1) is 34.6. The molecule has 0 aliphatic rings. The van der Waals surface area contributed by atoms with Crippen LogP contribution in [0.5, 0.6) is 5.75 Å². The SMILES string of the molecule is C=N/C(=C\C=C\Cc1c(CCCC)nc(C)n(-c2ncc(OCCS(C)(=O)=O)cn2)c1=O)c1ccccc1-c1nn[nH]n1.CC. The van der Waals surface area contributed by atoms with Crippen LogP contribution in [0.25, 0.3) is 23.0 Å². The van der Waals surface area contributed by atoms with Gasteiger partial charge in [0.25, 0.3) is 5.56 Å². The van der Waals surface area contributed by atoms with Crippen molar-refractivity contribution < 1.29 is 13.2 Å². The average molecular weight is 634 g/mol. The molecular formula is C31H39N9O4S. The van der Waals surface area contributed by atoms with Crippen LogP contribution < -0.4 is 10.3 Å². The minimum Gasteiger partial charge on any atom is -0.489 e. The summed E-state index contributed by atoms with van der Waals surface area (Å²) in [6, 6.07) is 7.54. The Bertz CT molecular complexity index is 1780. The Kier molecular flexibility index (Phi) is 13.0. The second kappa shape index (κ2) is 16.9. The zero-order valence-corrected chi connectivity index (χ0v) is 27.1. The van der Waals surface area contributed by atoms with Crippen LogP contribution in [0, 0.1) is 6.92 Å². The molecule has 0 saturated carbocycles. The van der Waals surface area contributed by atoms with Crippen molar-refractivity contribution in [3.63, 3.8) is 0 Å². The summed E-state index contributed by atoms with van der Waals surface area (Å²) in [7, 11) is -3.16. The predicted molar refractivity (Wildman–Crippen MR) is 175 cm³/mol. The molecule has 4 aromatic rings. The van der Waals surface area contributed by atoms with Crippen LogP contribution in [0.4, 0.5) is 0 Å². The van der Waals surface area contributed by atoms with Crippen molar-refractivity contribution in [1.82, 2.24) is 40.1 Å². The van der Waals surface area contributed by atoms with E-state index in [0.29, 0.717) is 41.5 Å². The van der Waals surface area contributed by atoms with Crippen molar-refractivity contribution in [1.29, 1.82) is 0 Å². The molecule has 14 heteroatoms. The van der Waals surface area contributed by atoms with Gasteiger partial charge in [-0.15, -0.1) is 10.2 Å². The number of rotatable bonds is 14. The van der Waals surface area contributed by atoms with E-state index in [1.807, 2.05) is 56.3 Å². The molecule has 45 heavy (non-hydrogen) atoms. The van der Waals surface area contributed by atoms with Crippen LogP contribution in [-0.2, 0) is 22.7 Å². The number of unbranched alkanes of at least 4 members (excludes halogenated alkanes) is 1. The number of aryl methyl sites for hydroxylation is 2. The lowest BCUT2D eigenvalue weighted by Gasteiger charge is -2.14. The molecule has 0 spiro atoms. The van der Waals surface area contributed by atoms with Crippen molar-refractivity contribution in [2.45, 2.75) is 53.4 Å². The summed E-state index contributed by atoms with van der Waals surface area (Å²) in [6.45, 7) is 11.5. The van der Waals surface area contributed by atoms with Crippen molar-refractivity contribution in [2.75, 3.05) is 18.6 Å². The third-order valence-corrected chi connectivity index (χ3v) is 7.31. The molecule has 0 aliphatic heterocycles. The number of H-pyrrole nitrogens is 1. The molecule has 0 amide bonds. The molecule has 1 aromatic carbocycles. The summed E-state index contributed by atoms with van der Waals surface area (Å²) in [4.78, 5) is 31.3. The number of ether oxygens (including phenoxy) is 1. The topological polar surface area (TPSA) is 171 Å². The predicted octanol–water partition coefficient (Wildman–Crippen LogP) is 4.14. The number of hydrogen-bond acceptors (Lipinski definition) is 11. The van der Waals surface area contributed by atoms with Gasteiger partial charge < -0.3 is 4.74 Å². The minimum absolute atomic E-state index is 0.0229. The number of aromatic amines is 1. The fourth-order valence-electron chi connectivity index (χ4n) is 4.27. The average Bonchev–Trinajstić information content (AvgIpc) is 3.57. The lowest BCUT2D eigenvalue weighted by atomic mass is 10.0. The first-order chi connectivity index (χ1) is 21.7. The molecule has 1 N–H and O–H groups in total. The maximum absolute atomic E-state index is 13.8. The third kappa shape index (κ3) is 9.57. The van der Waals surface area contributed by atoms with Gasteiger partial charge in [-0.25, -0.2) is 27.9 Å². The fourth-order valence-corrected chi connectivity index (χ4v) is 4.66. The molecule has 4 rings (SSSR count). The van der Waals surface area contributed by atoms with Crippen LogP contribution in [-0.4, -0.2) is 73.9 Å². The molecule has 0 unspecified atom stereocenters. The molecule has 3 heterocycles. The second-order valence-electron chi connectivity index (χ2n) is 9.65. The number of aliphatic imine (C=N–C) groups is 1. The molecular weight excluding hydrogens is 594 g/mol. The molecule has 0 fully saturated rings. The number of allylic oxidation sites excluding steroid dienone is 3. The van der Waals surface area contributed by atoms with Gasteiger partial charge in [0.2, 0.25) is 11.8 Å². The Morgan fingerprint density at radius 1 is 1.18 bits per heavy atom. The van der Waals surface area contributed by atoms with Gasteiger partial charge in [0.05, 0.1) is 29.5 Å². The standard InChI is InChI=1S/C29H33N9O4S.C2H6/c1-5-6-14-26-24(13-9-10-15-25(30-3)22-11-7-8-12-23(22)27-34-36-37-35-27)28(39)38(20(2)33-26)29-31-18-21(19-32-29)42-16-17-43(4,40)41;1-2/h7-12,15,18-19H,3,5-6,13-14,16-17H2,1-2,4H3,(H,34,35,36,37);1-2H3/b10-9+,25-15-;. The smallest absolute Gasteiger partial charge is 0.264 e. The minimum atomic E-state index is -3.16. The highest BCUT2D eigenvalue weighted by atomic mass is 32.2. The van der Waals surface area contributed by atoms with E-state index in [1.165, 1.54) is 17.0 Å². The van der Waals surface area contributed by atoms with Crippen LogP contribution in [0.3, 0.4) is 0 Å². The lowest BCUT2D eigenvalue weighted by Crippen LogP contribution is -2.29. The van der Waals surface area contributed by atoms with Crippen LogP contribution in [0.15, 0.2) is 64.7 Å². The molecule has 238 valence electrons. The van der Waals surface area contributed by atoms with Gasteiger partial charge >= 0.3 is 0 Å². The number of nitrogens with zero attached hydrogens (tertiary/aromatic N) is 8. The van der Waals surface area contributed by atoms with Crippen LogP contribution in [0.1, 0.15) is 56.3 Å². The molecule has 0 radical (unpaired) electrons. The Labute approximate surface area is 263 Å². The lowest BCUT2D eigenvalue weighted by molar-refractivity contribution is 0.338. The molecule has 0 bridgehead atoms. The van der Waals surface area contributed by atoms with E-state index in [-0.39, 0.29) is 23.9 Å². The first-order valence-corrected chi connectivity index (χ1v) is 16.7. The van der Waals surface area contributed by atoms with E-state index >= 15 is 0 Å². The van der Waals surface area contributed by atoms with Gasteiger partial charge in [-0.2, -0.15) is 5.21 Å². The van der Waals surface area contributed by atoms with E-state index in [0.717, 1.165) is 35.9 Å². The van der Waals surface area contributed by atoms with Gasteiger partial charge in [-0.1, -0.05) is 63.6 Å². The van der Waals surface area contributed by atoms with Crippen molar-refractivity contribution in [3.8, 4) is 23.1 Å². The van der Waals surface area contributed by atoms with Gasteiger partial charge in [0.15, 0.2) is 15.6 Å². The van der Waals surface area contributed by atoms with E-state index in [2.05, 4.69) is 49.2 Å². The summed E-state index contributed by atoms with van der Waals surface area (Å²) in [5, 5.41) is 14.2. The number of aromatic nitrogens is 8. The zero-order valence-electron chi connectivity index (χ0n) is 26.3. The highest BCUT2D eigenvalue weighted by Gasteiger charge is 2.17. The molecule has 0 saturated heterocycles. The number of tetrazole rings is 1. The van der Waals surface area contributed by atoms with Crippen molar-refractivity contribution >= 4 is 22.3 Å². The highest BCUT2D eigenvalue weighted by Crippen LogP contribution is 2.26. The monoisotopic (exact) mass is 633 g/mol. The Balaban J connectivity index is 0.00000271. The maximum Gasteiger partial charge on any atom is 0.264 e. The molecule has 13 nitrogen and oxygen atoms in total. The number of hydrogen-bond donors (Lipinski definition) is 1. The first-order valence-electron chi connectivity index (χ1n) is 14.6. The molecule has 3 aromatic heterocycles.